The van der Waals surface area contributed by atoms with Gasteiger partial charge in [0.25, 0.3) is 0 Å². The number of hydrogen-bond donors (Lipinski definition) is 0. The third-order valence-corrected chi connectivity index (χ3v) is 13.7. The number of methoxy groups -OCH3 is 1. The Bertz CT molecular complexity index is 2670. The molecule has 0 aromatic heterocycles. The molecule has 76 heavy (non-hydrogen) atoms. The van der Waals surface area contributed by atoms with Crippen LogP contribution in [0.3, 0.4) is 0 Å². The fraction of sp³-hybridized carbons (Fsp3) is 0.439. The first-order valence-corrected chi connectivity index (χ1v) is 25.6. The van der Waals surface area contributed by atoms with Gasteiger partial charge < -0.3 is 52.1 Å². The highest BCUT2D eigenvalue weighted by Crippen LogP contribution is 2.40. The second-order valence-electron chi connectivity index (χ2n) is 18.6. The van der Waals surface area contributed by atoms with Gasteiger partial charge in [0.1, 0.15) is 43.1 Å². The number of rotatable bonds is 23. The van der Waals surface area contributed by atoms with Gasteiger partial charge in [-0.3, -0.25) is 0 Å². The predicted octanol–water partition coefficient (Wildman–Crippen LogP) is 10.2. The van der Waals surface area contributed by atoms with E-state index in [1.54, 1.807) is 60.7 Å². The first-order chi connectivity index (χ1) is 37.2. The molecule has 3 heterocycles. The zero-order valence-electron chi connectivity index (χ0n) is 42.8. The molecule has 3 fully saturated rings. The lowest BCUT2D eigenvalue weighted by Gasteiger charge is -2.51. The Labute approximate surface area is 441 Å². The molecule has 0 aliphatic carbocycles. The summed E-state index contributed by atoms with van der Waals surface area (Å²) in [6.45, 7) is 5.73. The summed E-state index contributed by atoms with van der Waals surface area (Å²) in [7, 11) is 1.46. The van der Waals surface area contributed by atoms with Gasteiger partial charge in [-0.25, -0.2) is 9.59 Å². The van der Waals surface area contributed by atoms with Crippen molar-refractivity contribution >= 4 is 11.9 Å². The Balaban J connectivity index is 1.19. The molecule has 15 atom stereocenters. The summed E-state index contributed by atoms with van der Waals surface area (Å²) < 4.78 is 72.7. The normalized spacial score (nSPS) is 29.2. The summed E-state index contributed by atoms with van der Waals surface area (Å²) in [5.74, 6) is -1.79. The van der Waals surface area contributed by atoms with Crippen LogP contribution in [-0.2, 0) is 71.9 Å². The Kier molecular flexibility index (Phi) is 20.4. The largest absolute Gasteiger partial charge is 0.459 e. The summed E-state index contributed by atoms with van der Waals surface area (Å²) in [6, 6.07) is 43.4. The van der Waals surface area contributed by atoms with E-state index < -0.39 is 104 Å². The molecule has 0 bridgehead atoms. The number of azide groups is 2. The quantitative estimate of drug-likeness (QED) is 0.0257. The van der Waals surface area contributed by atoms with Crippen molar-refractivity contribution < 1.29 is 61.7 Å². The lowest BCUT2D eigenvalue weighted by molar-refractivity contribution is -0.367. The summed E-state index contributed by atoms with van der Waals surface area (Å²) >= 11 is 0. The molecular formula is C57H64N6O13. The van der Waals surface area contributed by atoms with Crippen molar-refractivity contribution in [2.45, 2.75) is 139 Å². The van der Waals surface area contributed by atoms with Gasteiger partial charge in [-0.15, -0.1) is 0 Å². The second kappa shape index (κ2) is 27.9. The van der Waals surface area contributed by atoms with Gasteiger partial charge in [0, 0.05) is 22.9 Å². The fourth-order valence-corrected chi connectivity index (χ4v) is 9.73. The van der Waals surface area contributed by atoms with Crippen molar-refractivity contribution in [3.8, 4) is 0 Å². The number of nitrogens with zero attached hydrogens (tertiary/aromatic N) is 6. The minimum Gasteiger partial charge on any atom is -0.459 e. The van der Waals surface area contributed by atoms with Crippen molar-refractivity contribution in [3.05, 3.63) is 200 Å². The molecule has 0 spiro atoms. The smallest absolute Gasteiger partial charge is 0.338 e. The zero-order valence-corrected chi connectivity index (χ0v) is 42.8. The fourth-order valence-electron chi connectivity index (χ4n) is 9.73. The van der Waals surface area contributed by atoms with E-state index in [2.05, 4.69) is 20.1 Å². The van der Waals surface area contributed by atoms with E-state index in [-0.39, 0.29) is 38.4 Å². The van der Waals surface area contributed by atoms with Gasteiger partial charge in [-0.1, -0.05) is 158 Å². The monoisotopic (exact) mass is 1040 g/mol. The van der Waals surface area contributed by atoms with E-state index >= 15 is 0 Å². The maximum atomic E-state index is 14.5. The van der Waals surface area contributed by atoms with Crippen LogP contribution in [0.2, 0.25) is 0 Å². The Morgan fingerprint density at radius 3 is 1.39 bits per heavy atom. The van der Waals surface area contributed by atoms with Crippen LogP contribution in [0, 0.1) is 5.92 Å². The van der Waals surface area contributed by atoms with Crippen LogP contribution in [0.25, 0.3) is 20.9 Å². The standard InChI is InChI=1S/C57H64N6O13/c1-5-42-48(50(46(61-63-59)55(66-4)71-42)68-33-38-24-14-8-15-25-38)76-57-52(74-54(65)41-30-20-11-21-31-41)51(69-34-39-26-16-9-17-27-39)49(43(6-2)72-57)75-56-45(60-62-58)47(67-32-37-22-12-7-13-23-37)36(3)44(73-56)35-70-53(64)40-28-18-10-19-29-40/h7-31,36,42-52,55-57H,5-6,32-35H2,1-4H3/t36?,42?,43-,44?,45-,46-,47-,48?,49+,50-,51?,52?,55?,56?,57-/m0/s1. The number of carbonyl (C=O) groups is 2. The molecule has 0 N–H and O–H groups in total. The third kappa shape index (κ3) is 14.0. The van der Waals surface area contributed by atoms with Crippen LogP contribution in [0.1, 0.15) is 71.0 Å². The third-order valence-electron chi connectivity index (χ3n) is 13.7. The van der Waals surface area contributed by atoms with Crippen LogP contribution in [-0.4, -0.2) is 112 Å². The van der Waals surface area contributed by atoms with Crippen LogP contribution in [0.15, 0.2) is 162 Å². The van der Waals surface area contributed by atoms with Crippen LogP contribution in [0.5, 0.6) is 0 Å². The molecule has 5 aromatic carbocycles. The molecule has 8 unspecified atom stereocenters. The van der Waals surface area contributed by atoms with Gasteiger partial charge >= 0.3 is 11.9 Å². The number of ether oxygens (including phenoxy) is 11. The van der Waals surface area contributed by atoms with E-state index in [1.807, 2.05) is 112 Å². The van der Waals surface area contributed by atoms with E-state index in [0.29, 0.717) is 12.0 Å². The first kappa shape index (κ1) is 55.5. The van der Waals surface area contributed by atoms with Gasteiger partial charge in [-0.2, -0.15) is 0 Å². The van der Waals surface area contributed by atoms with Gasteiger partial charge in [0.2, 0.25) is 0 Å². The van der Waals surface area contributed by atoms with Crippen molar-refractivity contribution in [2.75, 3.05) is 13.7 Å². The number of carbonyl (C=O) groups excluding carboxylic acids is 2. The number of hydrogen-bond acceptors (Lipinski definition) is 15. The molecule has 0 saturated carbocycles. The highest BCUT2D eigenvalue weighted by Gasteiger charge is 2.56. The van der Waals surface area contributed by atoms with Crippen molar-refractivity contribution in [1.82, 2.24) is 0 Å². The molecule has 0 amide bonds. The van der Waals surface area contributed by atoms with Crippen LogP contribution < -0.4 is 0 Å². The summed E-state index contributed by atoms with van der Waals surface area (Å²) in [5, 5.41) is 8.37. The van der Waals surface area contributed by atoms with Crippen LogP contribution in [0.4, 0.5) is 0 Å². The van der Waals surface area contributed by atoms with E-state index in [9.17, 15) is 20.7 Å². The molecule has 8 rings (SSSR count). The van der Waals surface area contributed by atoms with Crippen molar-refractivity contribution in [2.24, 2.45) is 16.1 Å². The maximum Gasteiger partial charge on any atom is 0.338 e. The van der Waals surface area contributed by atoms with E-state index in [0.717, 1.165) is 16.7 Å². The molecule has 400 valence electrons. The second-order valence-corrected chi connectivity index (χ2v) is 18.6. The van der Waals surface area contributed by atoms with E-state index in [1.165, 1.54) is 7.11 Å². The summed E-state index contributed by atoms with van der Waals surface area (Å²) in [4.78, 5) is 34.2. The lowest BCUT2D eigenvalue weighted by Crippen LogP contribution is -2.66. The average Bonchev–Trinajstić information content (AvgIpc) is 3.47. The molecule has 5 aromatic rings. The molecular weight excluding hydrogens is 977 g/mol. The van der Waals surface area contributed by atoms with Crippen LogP contribution >= 0.6 is 0 Å². The summed E-state index contributed by atoms with van der Waals surface area (Å²) in [6.07, 6.45) is -12.1. The molecule has 3 saturated heterocycles. The maximum absolute atomic E-state index is 14.5. The highest BCUT2D eigenvalue weighted by atomic mass is 16.8. The minimum absolute atomic E-state index is 0.0124. The van der Waals surface area contributed by atoms with Crippen molar-refractivity contribution in [1.29, 1.82) is 0 Å². The van der Waals surface area contributed by atoms with Crippen molar-refractivity contribution in [3.63, 3.8) is 0 Å². The molecule has 3 aliphatic heterocycles. The summed E-state index contributed by atoms with van der Waals surface area (Å²) in [5.41, 5.74) is 23.2. The SMILES string of the molecule is CCC1OC(OC)[C@@H](N=[N+]=[N-])[C@H](OCc2ccccc2)C1O[C@@H]1O[C@@H](CC)[C@@H](OC2OC(COC(=O)c3ccccc3)C(C)[C@H](OCc3ccccc3)[C@@H]2N=[N+]=[N-])C(OCc2ccccc2)C1OC(=O)c1ccccc1. The minimum atomic E-state index is -1.40. The number of esters is 2. The Morgan fingerprint density at radius 1 is 0.500 bits per heavy atom. The Hall–Kier alpha value is -6.70. The molecule has 0 radical (unpaired) electrons. The zero-order chi connectivity index (χ0) is 53.2. The Morgan fingerprint density at radius 2 is 0.908 bits per heavy atom. The molecule has 3 aliphatic rings. The lowest BCUT2D eigenvalue weighted by atomic mass is 9.89. The predicted molar refractivity (Wildman–Crippen MR) is 276 cm³/mol. The highest BCUT2D eigenvalue weighted by molar-refractivity contribution is 5.89. The molecule has 19 nitrogen and oxygen atoms in total. The van der Waals surface area contributed by atoms with Gasteiger partial charge in [0.15, 0.2) is 25.0 Å². The topological polar surface area (TPSA) is 233 Å². The first-order valence-electron chi connectivity index (χ1n) is 25.6. The van der Waals surface area contributed by atoms with E-state index in [4.69, 9.17) is 52.1 Å². The van der Waals surface area contributed by atoms with Gasteiger partial charge in [0.05, 0.1) is 55.4 Å². The number of benzene rings is 5. The molecule has 19 heteroatoms. The van der Waals surface area contributed by atoms with Gasteiger partial charge in [-0.05, 0) is 64.9 Å². The average molecular weight is 1040 g/mol.